The van der Waals surface area contributed by atoms with Crippen molar-refractivity contribution < 1.29 is 10.2 Å². The van der Waals surface area contributed by atoms with Crippen molar-refractivity contribution in [2.45, 2.75) is 153 Å². The van der Waals surface area contributed by atoms with Gasteiger partial charge < -0.3 is 0 Å². The zero-order valence-electron chi connectivity index (χ0n) is 29.1. The zero-order chi connectivity index (χ0) is 32.0. The molecule has 0 saturated carbocycles. The van der Waals surface area contributed by atoms with Crippen molar-refractivity contribution in [1.29, 1.82) is 0 Å². The maximum absolute atomic E-state index is 10.5. The van der Waals surface area contributed by atoms with Crippen LogP contribution in [0.4, 0.5) is 0 Å². The first-order chi connectivity index (χ1) is 21.0. The summed E-state index contributed by atoms with van der Waals surface area (Å²) in [5.41, 5.74) is 2.32. The van der Waals surface area contributed by atoms with Gasteiger partial charge in [0, 0.05) is 0 Å². The molecule has 0 aromatic heterocycles. The number of aliphatic hydroxyl groups is 2. The van der Waals surface area contributed by atoms with Crippen molar-refractivity contribution in [3.8, 4) is 0 Å². The third-order valence-electron chi connectivity index (χ3n) is 7.82. The molecular weight excluding hydrogens is 845 g/mol. The Labute approximate surface area is 293 Å². The van der Waals surface area contributed by atoms with E-state index in [9.17, 15) is 10.2 Å². The predicted octanol–water partition coefficient (Wildman–Crippen LogP) is 11.8. The quantitative estimate of drug-likeness (QED) is 0.0913. The van der Waals surface area contributed by atoms with Crippen molar-refractivity contribution in [3.05, 3.63) is 71.8 Å². The summed E-state index contributed by atoms with van der Waals surface area (Å²) >= 11 is -3.14. The Balaban J connectivity index is 0.000000648. The molecule has 244 valence electrons. The van der Waals surface area contributed by atoms with Gasteiger partial charge in [-0.15, -0.1) is 0 Å². The van der Waals surface area contributed by atoms with E-state index in [-0.39, 0.29) is 29.4 Å². The van der Waals surface area contributed by atoms with Crippen molar-refractivity contribution in [3.63, 3.8) is 0 Å². The third-order valence-corrected chi connectivity index (χ3v) is 29.5. The van der Waals surface area contributed by atoms with E-state index >= 15 is 0 Å². The van der Waals surface area contributed by atoms with Gasteiger partial charge in [0.1, 0.15) is 0 Å². The molecule has 0 fully saturated rings. The number of benzene rings is 2. The maximum atomic E-state index is 10.5. The summed E-state index contributed by atoms with van der Waals surface area (Å²) in [6, 6.07) is 20.6. The van der Waals surface area contributed by atoms with Crippen LogP contribution in [0.2, 0.25) is 26.6 Å². The molecule has 0 amide bonds. The molecule has 2 aromatic rings. The molecule has 0 aliphatic rings. The standard InChI is InChI=1S/2C7H7O.6C4H9.3Sn/c2*8-6-7-4-2-1-3-5-7;6*1-3-4-2;;;/h2*1-6,8H;6*1,3-4H2,2H3;;;. The van der Waals surface area contributed by atoms with Crippen LogP contribution in [0.3, 0.4) is 0 Å². The third kappa shape index (κ3) is 23.7. The molecule has 5 heteroatoms. The van der Waals surface area contributed by atoms with E-state index in [1.165, 1.54) is 94.8 Å². The summed E-state index contributed by atoms with van der Waals surface area (Å²) in [4.78, 5) is 0. The molecule has 43 heavy (non-hydrogen) atoms. The van der Waals surface area contributed by atoms with Gasteiger partial charge in [-0.05, 0) is 0 Å². The molecule has 2 atom stereocenters. The Morgan fingerprint density at radius 1 is 0.465 bits per heavy atom. The monoisotopic (exact) mass is 916 g/mol. The van der Waals surface area contributed by atoms with Crippen LogP contribution >= 0.6 is 0 Å². The number of rotatable bonds is 22. The van der Waals surface area contributed by atoms with Crippen LogP contribution in [0, 0.1) is 0 Å². The number of aliphatic hydroxyl groups excluding tert-OH is 2. The fraction of sp³-hybridized carbons (Fsp3) is 0.684. The van der Waals surface area contributed by atoms with Gasteiger partial charge in [0.15, 0.2) is 0 Å². The van der Waals surface area contributed by atoms with Crippen LogP contribution in [0.5, 0.6) is 0 Å². The first kappa shape index (κ1) is 43.8. The molecule has 0 spiro atoms. The second-order valence-corrected chi connectivity index (χ2v) is 32.4. The van der Waals surface area contributed by atoms with E-state index in [1.807, 2.05) is 36.4 Å². The van der Waals surface area contributed by atoms with Gasteiger partial charge in [0.25, 0.3) is 0 Å². The molecule has 2 unspecified atom stereocenters. The van der Waals surface area contributed by atoms with E-state index < -0.39 is 39.5 Å². The Hall–Kier alpha value is 0.756. The van der Waals surface area contributed by atoms with Crippen LogP contribution < -0.4 is 0 Å². The first-order valence-electron chi connectivity index (χ1n) is 17.9. The first-order valence-corrected chi connectivity index (χ1v) is 33.3. The minimum atomic E-state index is -1.64. The molecule has 0 heterocycles. The molecule has 2 rings (SSSR count). The molecule has 2 N–H and O–H groups in total. The fourth-order valence-electron chi connectivity index (χ4n) is 4.88. The Morgan fingerprint density at radius 3 is 1.00 bits per heavy atom. The van der Waals surface area contributed by atoms with Gasteiger partial charge >= 0.3 is 296 Å². The molecule has 4 radical (unpaired) electrons. The van der Waals surface area contributed by atoms with Crippen molar-refractivity contribution in [2.24, 2.45) is 0 Å². The zero-order valence-corrected chi connectivity index (χ0v) is 37.6. The van der Waals surface area contributed by atoms with Crippen molar-refractivity contribution in [2.75, 3.05) is 0 Å². The van der Waals surface area contributed by atoms with E-state index in [0.29, 0.717) is 0 Å². The summed E-state index contributed by atoms with van der Waals surface area (Å²) in [5.74, 6) is 0. The van der Waals surface area contributed by atoms with Gasteiger partial charge in [-0.1, -0.05) is 0 Å². The van der Waals surface area contributed by atoms with Crippen LogP contribution in [-0.2, 0) is 0 Å². The second-order valence-electron chi connectivity index (χ2n) is 11.8. The summed E-state index contributed by atoms with van der Waals surface area (Å²) in [6.07, 6.45) is 16.1. The van der Waals surface area contributed by atoms with Gasteiger partial charge in [-0.2, -0.15) is 0 Å². The Kier molecular flexibility index (Phi) is 33.3. The molecule has 2 nitrogen and oxygen atoms in total. The SMILES string of the molecule is CCC[CH2][Sn]([CH2]CCC)[CH](O)c1ccccc1.CCC[CH2][Sn]([CH2]CCC)[CH](O)c1ccccc1.CCC[CH2][Sn][CH2]CCC. The van der Waals surface area contributed by atoms with Crippen molar-refractivity contribution in [1.82, 2.24) is 0 Å². The van der Waals surface area contributed by atoms with E-state index in [0.717, 1.165) is 11.1 Å². The Bertz CT molecular complexity index is 722. The molecule has 0 saturated heterocycles. The van der Waals surface area contributed by atoms with Crippen LogP contribution in [0.25, 0.3) is 0 Å². The molecular formula is C38H68O2Sn3. The summed E-state index contributed by atoms with van der Waals surface area (Å²) in [5, 5.41) is 21.0. The number of hydrogen-bond acceptors (Lipinski definition) is 2. The minimum absolute atomic E-state index is 0.0864. The normalized spacial score (nSPS) is 12.3. The molecule has 0 bridgehead atoms. The van der Waals surface area contributed by atoms with E-state index in [1.54, 1.807) is 8.87 Å². The molecule has 0 aliphatic carbocycles. The summed E-state index contributed by atoms with van der Waals surface area (Å²) in [7, 11) is 0. The van der Waals surface area contributed by atoms with Gasteiger partial charge in [0.05, 0.1) is 0 Å². The average molecular weight is 913 g/mol. The van der Waals surface area contributed by atoms with Crippen LogP contribution in [0.15, 0.2) is 60.7 Å². The van der Waals surface area contributed by atoms with E-state index in [2.05, 4.69) is 65.8 Å². The average Bonchev–Trinajstić information content (AvgIpc) is 3.06. The van der Waals surface area contributed by atoms with Crippen LogP contribution in [0.1, 0.15) is 138 Å². The number of hydrogen-bond donors (Lipinski definition) is 2. The second kappa shape index (κ2) is 32.7. The topological polar surface area (TPSA) is 40.5 Å². The van der Waals surface area contributed by atoms with Gasteiger partial charge in [-0.25, -0.2) is 0 Å². The van der Waals surface area contributed by atoms with Gasteiger partial charge in [0.2, 0.25) is 0 Å². The molecule has 2 aromatic carbocycles. The Morgan fingerprint density at radius 2 is 0.744 bits per heavy atom. The van der Waals surface area contributed by atoms with Gasteiger partial charge in [-0.3, -0.25) is 0 Å². The fourth-order valence-corrected chi connectivity index (χ4v) is 26.6. The molecule has 0 aliphatic heterocycles. The summed E-state index contributed by atoms with van der Waals surface area (Å²) in [6.45, 7) is 13.6. The number of unbranched alkanes of at least 4 members (excludes halogenated alkanes) is 6. The summed E-state index contributed by atoms with van der Waals surface area (Å²) < 4.78 is 8.45. The van der Waals surface area contributed by atoms with Crippen molar-refractivity contribution >= 4 is 60.7 Å². The van der Waals surface area contributed by atoms with E-state index in [4.69, 9.17) is 0 Å². The van der Waals surface area contributed by atoms with Crippen LogP contribution in [-0.4, -0.2) is 70.9 Å². The predicted molar refractivity (Wildman–Crippen MR) is 198 cm³/mol.